The molecule has 1 fully saturated rings. The molecule has 4 nitrogen and oxygen atoms in total. The fraction of sp³-hybridized carbons (Fsp3) is 0.600. The normalized spacial score (nSPS) is 16.4. The summed E-state index contributed by atoms with van der Waals surface area (Å²) in [7, 11) is 0. The summed E-state index contributed by atoms with van der Waals surface area (Å²) in [5, 5.41) is 6.30. The van der Waals surface area contributed by atoms with Crippen LogP contribution >= 0.6 is 0 Å². The van der Waals surface area contributed by atoms with E-state index in [9.17, 15) is 4.79 Å². The second-order valence-corrected chi connectivity index (χ2v) is 6.26. The summed E-state index contributed by atoms with van der Waals surface area (Å²) in [5.41, 5.74) is 0.359. The van der Waals surface area contributed by atoms with Crippen LogP contribution in [-0.2, 0) is 4.79 Å². The Morgan fingerprint density at radius 1 is 1.26 bits per heavy atom. The van der Waals surface area contributed by atoms with Crippen LogP contribution in [0.3, 0.4) is 0 Å². The molecule has 1 heterocycles. The van der Waals surface area contributed by atoms with Crippen LogP contribution < -0.4 is 10.6 Å². The maximum atomic E-state index is 11.8. The van der Waals surface area contributed by atoms with Crippen molar-refractivity contribution >= 4 is 17.4 Å². The van der Waals surface area contributed by atoms with Crippen molar-refractivity contribution in [2.75, 3.05) is 10.6 Å². The van der Waals surface area contributed by atoms with Crippen molar-refractivity contribution in [1.29, 1.82) is 0 Å². The van der Waals surface area contributed by atoms with Crippen LogP contribution in [0.25, 0.3) is 0 Å². The van der Waals surface area contributed by atoms with Crippen LogP contribution in [0.4, 0.5) is 11.5 Å². The second kappa shape index (κ2) is 5.59. The number of hydrogen-bond acceptors (Lipinski definition) is 3. The maximum absolute atomic E-state index is 11.8. The lowest BCUT2D eigenvalue weighted by Crippen LogP contribution is -2.27. The Morgan fingerprint density at radius 3 is 2.47 bits per heavy atom. The Labute approximate surface area is 115 Å². The van der Waals surface area contributed by atoms with Gasteiger partial charge in [0.2, 0.25) is 5.91 Å². The Hall–Kier alpha value is -1.58. The molecule has 0 bridgehead atoms. The van der Waals surface area contributed by atoms with Gasteiger partial charge in [0, 0.05) is 11.5 Å². The molecular formula is C15H23N3O. The van der Waals surface area contributed by atoms with E-state index >= 15 is 0 Å². The Balaban J connectivity index is 1.92. The van der Waals surface area contributed by atoms with Crippen molar-refractivity contribution in [3.8, 4) is 0 Å². The van der Waals surface area contributed by atoms with Crippen LogP contribution in [0, 0.1) is 5.41 Å². The summed E-state index contributed by atoms with van der Waals surface area (Å²) in [5.74, 6) is 0.895. The molecule has 19 heavy (non-hydrogen) atoms. The van der Waals surface area contributed by atoms with Gasteiger partial charge in [-0.1, -0.05) is 33.6 Å². The van der Waals surface area contributed by atoms with Crippen molar-refractivity contribution in [3.63, 3.8) is 0 Å². The zero-order chi connectivity index (χ0) is 13.9. The standard InChI is InChI=1S/C15H23N3O/c1-15(2,3)14(19)18-12-8-9-13(16-10-12)17-11-6-4-5-7-11/h8-11H,4-7H2,1-3H3,(H,16,17)(H,18,19). The molecule has 1 aromatic rings. The van der Waals surface area contributed by atoms with Gasteiger partial charge in [0.15, 0.2) is 0 Å². The molecule has 0 aliphatic heterocycles. The Bertz CT molecular complexity index is 428. The fourth-order valence-electron chi connectivity index (χ4n) is 2.15. The van der Waals surface area contributed by atoms with E-state index in [-0.39, 0.29) is 11.3 Å². The molecule has 1 saturated carbocycles. The minimum Gasteiger partial charge on any atom is -0.367 e. The van der Waals surface area contributed by atoms with Crippen molar-refractivity contribution in [2.45, 2.75) is 52.5 Å². The molecule has 4 heteroatoms. The number of pyridine rings is 1. The third-order valence-corrected chi connectivity index (χ3v) is 3.41. The van der Waals surface area contributed by atoms with E-state index in [0.29, 0.717) is 6.04 Å². The molecule has 0 spiro atoms. The summed E-state index contributed by atoms with van der Waals surface area (Å²) in [6, 6.07) is 4.38. The average molecular weight is 261 g/mol. The Morgan fingerprint density at radius 2 is 1.95 bits per heavy atom. The van der Waals surface area contributed by atoms with Crippen LogP contribution in [-0.4, -0.2) is 16.9 Å². The number of amides is 1. The highest BCUT2D eigenvalue weighted by Crippen LogP contribution is 2.22. The maximum Gasteiger partial charge on any atom is 0.229 e. The van der Waals surface area contributed by atoms with Crippen LogP contribution in [0.5, 0.6) is 0 Å². The van der Waals surface area contributed by atoms with Crippen molar-refractivity contribution in [3.05, 3.63) is 18.3 Å². The zero-order valence-electron chi connectivity index (χ0n) is 12.0. The highest BCUT2D eigenvalue weighted by molar-refractivity contribution is 5.94. The molecule has 0 aromatic carbocycles. The predicted octanol–water partition coefficient (Wildman–Crippen LogP) is 3.42. The number of carbonyl (C=O) groups excluding carboxylic acids is 1. The molecule has 2 N–H and O–H groups in total. The van der Waals surface area contributed by atoms with Gasteiger partial charge in [-0.05, 0) is 25.0 Å². The molecule has 1 aromatic heterocycles. The summed E-state index contributed by atoms with van der Waals surface area (Å²) in [6.07, 6.45) is 6.77. The molecule has 1 aliphatic rings. The first kappa shape index (κ1) is 13.8. The molecule has 104 valence electrons. The molecular weight excluding hydrogens is 238 g/mol. The lowest BCUT2D eigenvalue weighted by Gasteiger charge is -2.18. The number of aromatic nitrogens is 1. The number of rotatable bonds is 3. The molecule has 0 atom stereocenters. The SMILES string of the molecule is CC(C)(C)C(=O)Nc1ccc(NC2CCCC2)nc1. The highest BCUT2D eigenvalue weighted by Gasteiger charge is 2.21. The summed E-state index contributed by atoms with van der Waals surface area (Å²) >= 11 is 0. The highest BCUT2D eigenvalue weighted by atomic mass is 16.2. The molecule has 2 rings (SSSR count). The first-order chi connectivity index (χ1) is 8.95. The number of anilines is 2. The average Bonchev–Trinajstić information content (AvgIpc) is 2.83. The van der Waals surface area contributed by atoms with E-state index < -0.39 is 0 Å². The van der Waals surface area contributed by atoms with Gasteiger partial charge in [0.05, 0.1) is 11.9 Å². The van der Waals surface area contributed by atoms with Gasteiger partial charge in [-0.15, -0.1) is 0 Å². The third kappa shape index (κ3) is 3.94. The predicted molar refractivity (Wildman–Crippen MR) is 78.2 cm³/mol. The monoisotopic (exact) mass is 261 g/mol. The first-order valence-corrected chi connectivity index (χ1v) is 6.99. The molecule has 1 amide bonds. The van der Waals surface area contributed by atoms with Crippen molar-refractivity contribution in [2.24, 2.45) is 5.41 Å². The van der Waals surface area contributed by atoms with Gasteiger partial charge >= 0.3 is 0 Å². The van der Waals surface area contributed by atoms with Crippen LogP contribution in [0.15, 0.2) is 18.3 Å². The summed E-state index contributed by atoms with van der Waals surface area (Å²) in [4.78, 5) is 16.2. The van der Waals surface area contributed by atoms with Gasteiger partial charge in [-0.25, -0.2) is 4.98 Å². The Kier molecular flexibility index (Phi) is 4.08. The molecule has 0 radical (unpaired) electrons. The smallest absolute Gasteiger partial charge is 0.229 e. The summed E-state index contributed by atoms with van der Waals surface area (Å²) < 4.78 is 0. The van der Waals surface area contributed by atoms with E-state index in [1.54, 1.807) is 6.20 Å². The lowest BCUT2D eigenvalue weighted by atomic mass is 9.96. The van der Waals surface area contributed by atoms with Crippen LogP contribution in [0.1, 0.15) is 46.5 Å². The van der Waals surface area contributed by atoms with Gasteiger partial charge in [-0.2, -0.15) is 0 Å². The topological polar surface area (TPSA) is 54.0 Å². The largest absolute Gasteiger partial charge is 0.367 e. The van der Waals surface area contributed by atoms with Crippen LogP contribution in [0.2, 0.25) is 0 Å². The number of hydrogen-bond donors (Lipinski definition) is 2. The first-order valence-electron chi connectivity index (χ1n) is 6.99. The quantitative estimate of drug-likeness (QED) is 0.876. The fourth-order valence-corrected chi connectivity index (χ4v) is 2.15. The number of carbonyl (C=O) groups is 1. The zero-order valence-corrected chi connectivity index (χ0v) is 12.0. The third-order valence-electron chi connectivity index (χ3n) is 3.41. The van der Waals surface area contributed by atoms with E-state index in [1.807, 2.05) is 32.9 Å². The number of nitrogens with one attached hydrogen (secondary N) is 2. The van der Waals surface area contributed by atoms with Crippen molar-refractivity contribution in [1.82, 2.24) is 4.98 Å². The number of nitrogens with zero attached hydrogens (tertiary/aromatic N) is 1. The van der Waals surface area contributed by atoms with Gasteiger partial charge in [0.1, 0.15) is 5.82 Å². The van der Waals surface area contributed by atoms with E-state index in [2.05, 4.69) is 15.6 Å². The van der Waals surface area contributed by atoms with E-state index in [1.165, 1.54) is 25.7 Å². The van der Waals surface area contributed by atoms with Crippen molar-refractivity contribution < 1.29 is 4.79 Å². The van der Waals surface area contributed by atoms with Gasteiger partial charge in [0.25, 0.3) is 0 Å². The minimum absolute atomic E-state index is 0.00537. The summed E-state index contributed by atoms with van der Waals surface area (Å²) in [6.45, 7) is 5.68. The molecule has 1 aliphatic carbocycles. The van der Waals surface area contributed by atoms with Gasteiger partial charge < -0.3 is 10.6 Å². The van der Waals surface area contributed by atoms with E-state index in [0.717, 1.165) is 11.5 Å². The van der Waals surface area contributed by atoms with Gasteiger partial charge in [-0.3, -0.25) is 4.79 Å². The minimum atomic E-state index is -0.388. The lowest BCUT2D eigenvalue weighted by molar-refractivity contribution is -0.123. The second-order valence-electron chi connectivity index (χ2n) is 6.26. The molecule has 0 unspecified atom stereocenters. The molecule has 0 saturated heterocycles. The van der Waals surface area contributed by atoms with E-state index in [4.69, 9.17) is 0 Å².